The fraction of sp³-hybridized carbons (Fsp3) is 0.647. The largest absolute Gasteiger partial charge is 2.00 e. The molecule has 0 radical (unpaired) electrons. The summed E-state index contributed by atoms with van der Waals surface area (Å²) in [5, 5.41) is 0. The average Bonchev–Trinajstić information content (AvgIpc) is 2.74. The molecule has 0 aromatic rings. The van der Waals surface area contributed by atoms with Crippen LogP contribution in [0.5, 0.6) is 0 Å². The van der Waals surface area contributed by atoms with E-state index in [0.29, 0.717) is 5.41 Å². The summed E-state index contributed by atoms with van der Waals surface area (Å²) in [7, 11) is 0. The third-order valence-corrected chi connectivity index (χ3v) is 3.33. The van der Waals surface area contributed by atoms with Crippen molar-refractivity contribution in [3.8, 4) is 0 Å². The minimum atomic E-state index is 0. The van der Waals surface area contributed by atoms with Crippen LogP contribution in [-0.2, 0) is 17.1 Å². The van der Waals surface area contributed by atoms with Crippen LogP contribution in [0.4, 0.5) is 0 Å². The Morgan fingerprint density at radius 1 is 1.00 bits per heavy atom. The molecule has 0 spiro atoms. The van der Waals surface area contributed by atoms with Gasteiger partial charge in [0.25, 0.3) is 0 Å². The first-order valence-electron chi connectivity index (χ1n) is 6.73. The molecule has 1 heteroatoms. The molecule has 0 N–H and O–H groups in total. The van der Waals surface area contributed by atoms with Crippen molar-refractivity contribution in [3.05, 3.63) is 37.1 Å². The van der Waals surface area contributed by atoms with E-state index >= 15 is 0 Å². The molecule has 2 aliphatic rings. The van der Waals surface area contributed by atoms with Gasteiger partial charge in [-0.2, -0.15) is 5.57 Å². The number of allylic oxidation sites excluding steroid dienone is 4. The third-order valence-electron chi connectivity index (χ3n) is 3.33. The molecule has 2 aliphatic carbocycles. The van der Waals surface area contributed by atoms with Gasteiger partial charge in [0.2, 0.25) is 0 Å². The monoisotopic (exact) mass is 290 g/mol. The van der Waals surface area contributed by atoms with E-state index in [-0.39, 0.29) is 24.5 Å². The minimum absolute atomic E-state index is 0. The van der Waals surface area contributed by atoms with Crippen LogP contribution >= 0.6 is 0 Å². The smallest absolute Gasteiger partial charge is 0.358 e. The molecular formula is C17H30Fe. The zero-order valence-electron chi connectivity index (χ0n) is 12.8. The topological polar surface area (TPSA) is 0 Å². The van der Waals surface area contributed by atoms with Gasteiger partial charge in [-0.05, 0) is 0 Å². The Morgan fingerprint density at radius 3 is 1.72 bits per heavy atom. The van der Waals surface area contributed by atoms with E-state index in [1.807, 2.05) is 0 Å². The minimum Gasteiger partial charge on any atom is -0.358 e. The van der Waals surface area contributed by atoms with Crippen LogP contribution in [0, 0.1) is 19.3 Å². The van der Waals surface area contributed by atoms with Gasteiger partial charge >= 0.3 is 17.1 Å². The molecule has 0 unspecified atom stereocenters. The van der Waals surface area contributed by atoms with Crippen molar-refractivity contribution in [3.63, 3.8) is 0 Å². The molecule has 0 aromatic heterocycles. The van der Waals surface area contributed by atoms with Crippen molar-refractivity contribution in [2.75, 3.05) is 0 Å². The predicted octanol–water partition coefficient (Wildman–Crippen LogP) is 5.91. The molecule has 0 aliphatic heterocycles. The number of hydrogen-bond donors (Lipinski definition) is 0. The molecule has 1 saturated carbocycles. The quantitative estimate of drug-likeness (QED) is 0.384. The summed E-state index contributed by atoms with van der Waals surface area (Å²) in [5.41, 5.74) is 3.22. The SMILES string of the molecule is C1CCCC1.CC1=C(C(C)(C)C)C=CC[CH-]1.[CH3-].[Fe+2]. The fourth-order valence-electron chi connectivity index (χ4n) is 2.40. The standard InChI is InChI=1S/C11H17.C5H10.CH3.Fe/c1-9-7-5-6-8-10(9)11(2,3)4;1-2-4-5-3-1;;/h6-8H,5H2,1-4H3;1-5H2;1H3;/q-1;;-1;+2. The second-order valence-corrected chi connectivity index (χ2v) is 5.96. The second kappa shape index (κ2) is 9.75. The third kappa shape index (κ3) is 7.34. The molecule has 0 amide bonds. The first-order valence-corrected chi connectivity index (χ1v) is 6.73. The maximum Gasteiger partial charge on any atom is 2.00 e. The Kier molecular flexibility index (Phi) is 10.9. The molecule has 0 bridgehead atoms. The zero-order chi connectivity index (χ0) is 12.0. The van der Waals surface area contributed by atoms with Crippen molar-refractivity contribution in [2.24, 2.45) is 5.41 Å². The molecule has 18 heavy (non-hydrogen) atoms. The van der Waals surface area contributed by atoms with Crippen LogP contribution in [0.25, 0.3) is 0 Å². The van der Waals surface area contributed by atoms with Crippen molar-refractivity contribution in [2.45, 2.75) is 66.2 Å². The molecule has 0 nitrogen and oxygen atoms in total. The van der Waals surface area contributed by atoms with Gasteiger partial charge in [-0.3, -0.25) is 0 Å². The average molecular weight is 290 g/mol. The summed E-state index contributed by atoms with van der Waals surface area (Å²) in [6, 6.07) is 0. The molecule has 0 atom stereocenters. The summed E-state index contributed by atoms with van der Waals surface area (Å²) in [6.07, 6.45) is 15.4. The number of hydrogen-bond acceptors (Lipinski definition) is 0. The van der Waals surface area contributed by atoms with Crippen molar-refractivity contribution < 1.29 is 17.1 Å². The van der Waals surface area contributed by atoms with E-state index in [4.69, 9.17) is 0 Å². The Morgan fingerprint density at radius 2 is 1.44 bits per heavy atom. The van der Waals surface area contributed by atoms with Gasteiger partial charge in [0, 0.05) is 0 Å². The van der Waals surface area contributed by atoms with Crippen molar-refractivity contribution >= 4 is 0 Å². The van der Waals surface area contributed by atoms with Gasteiger partial charge in [-0.25, -0.2) is 12.0 Å². The normalized spacial score (nSPS) is 18.0. The van der Waals surface area contributed by atoms with Crippen LogP contribution in [0.1, 0.15) is 66.2 Å². The van der Waals surface area contributed by atoms with Crippen LogP contribution in [0.3, 0.4) is 0 Å². The maximum absolute atomic E-state index is 2.29. The van der Waals surface area contributed by atoms with Gasteiger partial charge in [-0.15, -0.1) is 12.2 Å². The van der Waals surface area contributed by atoms with Crippen molar-refractivity contribution in [1.82, 2.24) is 0 Å². The van der Waals surface area contributed by atoms with Gasteiger partial charge < -0.3 is 7.43 Å². The summed E-state index contributed by atoms with van der Waals surface area (Å²) in [6.45, 7) is 8.98. The summed E-state index contributed by atoms with van der Waals surface area (Å²) >= 11 is 0. The summed E-state index contributed by atoms with van der Waals surface area (Å²) < 4.78 is 0. The van der Waals surface area contributed by atoms with Gasteiger partial charge in [0.15, 0.2) is 0 Å². The first-order chi connectivity index (χ1) is 7.52. The Hall–Kier alpha value is -0.131. The molecule has 0 saturated heterocycles. The molecule has 2 rings (SSSR count). The van der Waals surface area contributed by atoms with Gasteiger partial charge in [0.05, 0.1) is 0 Å². The first kappa shape index (κ1) is 20.2. The van der Waals surface area contributed by atoms with Crippen molar-refractivity contribution in [1.29, 1.82) is 0 Å². The molecule has 0 aromatic carbocycles. The van der Waals surface area contributed by atoms with E-state index in [1.165, 1.54) is 43.3 Å². The Bertz CT molecular complexity index is 254. The van der Waals surface area contributed by atoms with E-state index in [2.05, 4.69) is 46.3 Å². The molecule has 1 fully saturated rings. The second-order valence-electron chi connectivity index (χ2n) is 5.96. The van der Waals surface area contributed by atoms with Gasteiger partial charge in [0.1, 0.15) is 0 Å². The summed E-state index contributed by atoms with van der Waals surface area (Å²) in [4.78, 5) is 0. The predicted molar refractivity (Wildman–Crippen MR) is 79.7 cm³/mol. The molecule has 0 heterocycles. The van der Waals surface area contributed by atoms with Gasteiger partial charge in [-0.1, -0.05) is 71.6 Å². The van der Waals surface area contributed by atoms with E-state index in [0.717, 1.165) is 6.42 Å². The van der Waals surface area contributed by atoms with E-state index in [1.54, 1.807) is 0 Å². The van der Waals surface area contributed by atoms with Crippen LogP contribution in [0.2, 0.25) is 0 Å². The zero-order valence-corrected chi connectivity index (χ0v) is 13.9. The van der Waals surface area contributed by atoms with Crippen LogP contribution < -0.4 is 0 Å². The molecular weight excluding hydrogens is 260 g/mol. The fourth-order valence-corrected chi connectivity index (χ4v) is 2.40. The maximum atomic E-state index is 2.29. The Labute approximate surface area is 126 Å². The van der Waals surface area contributed by atoms with Crippen LogP contribution in [-0.4, -0.2) is 0 Å². The van der Waals surface area contributed by atoms with Crippen LogP contribution in [0.15, 0.2) is 23.3 Å². The number of rotatable bonds is 0. The molecule has 106 valence electrons. The summed E-state index contributed by atoms with van der Waals surface area (Å²) in [5.74, 6) is 0. The van der Waals surface area contributed by atoms with E-state index in [9.17, 15) is 0 Å². The Balaban J connectivity index is 0. The van der Waals surface area contributed by atoms with E-state index < -0.39 is 0 Å².